The van der Waals surface area contributed by atoms with Crippen molar-refractivity contribution in [3.8, 4) is 50.5 Å². The molecule has 5 heteroatoms. The van der Waals surface area contributed by atoms with Crippen molar-refractivity contribution in [2.75, 3.05) is 0 Å². The molecule has 0 saturated heterocycles. The van der Waals surface area contributed by atoms with E-state index in [0.717, 1.165) is 72.3 Å². The molecule has 0 radical (unpaired) electrons. The maximum Gasteiger partial charge on any atom is 2.00 e. The maximum absolute atomic E-state index is 5.34. The molecule has 0 amide bonds. The van der Waals surface area contributed by atoms with Gasteiger partial charge in [-0.05, 0) is 93.8 Å². The van der Waals surface area contributed by atoms with Gasteiger partial charge in [-0.3, -0.25) is 4.98 Å². The first-order valence-corrected chi connectivity index (χ1v) is 16.2. The topological polar surface area (TPSA) is 44.8 Å². The SMILES string of the molecule is Cc1cccc(C)c1-c1cc(-c2[c-]c(-n3c4ccccc4c4cccnc43)ccc2)nc(-c2cccc3c(-c4ccccc4)c[n-]c23)c1.[Pt+2]. The van der Waals surface area contributed by atoms with Gasteiger partial charge in [-0.1, -0.05) is 91.0 Å². The average Bonchev–Trinajstić information content (AvgIpc) is 3.72. The third-order valence-electron chi connectivity index (χ3n) is 9.34. The molecule has 0 spiro atoms. The molecule has 0 fully saturated rings. The van der Waals surface area contributed by atoms with Crippen LogP contribution in [0.2, 0.25) is 0 Å². The van der Waals surface area contributed by atoms with Gasteiger partial charge in [0.2, 0.25) is 0 Å². The van der Waals surface area contributed by atoms with Gasteiger partial charge in [-0.25, -0.2) is 4.98 Å². The molecule has 4 heterocycles. The molecule has 9 aromatic rings. The summed E-state index contributed by atoms with van der Waals surface area (Å²) >= 11 is 0. The first-order valence-electron chi connectivity index (χ1n) is 16.2. The fraction of sp³-hybridized carbons (Fsp3) is 0.0455. The molecule has 5 aromatic carbocycles. The predicted molar refractivity (Wildman–Crippen MR) is 197 cm³/mol. The van der Waals surface area contributed by atoms with Gasteiger partial charge in [-0.15, -0.1) is 35.3 Å². The molecule has 0 saturated carbocycles. The summed E-state index contributed by atoms with van der Waals surface area (Å²) < 4.78 is 2.20. The Morgan fingerprint density at radius 3 is 2.18 bits per heavy atom. The molecule has 4 nitrogen and oxygen atoms in total. The summed E-state index contributed by atoms with van der Waals surface area (Å²) in [5.41, 5.74) is 14.6. The molecular formula is C44H30N4Pt. The van der Waals surface area contributed by atoms with E-state index in [-0.39, 0.29) is 21.1 Å². The number of benzene rings is 5. The van der Waals surface area contributed by atoms with Gasteiger partial charge in [0, 0.05) is 17.0 Å². The van der Waals surface area contributed by atoms with E-state index < -0.39 is 0 Å². The summed E-state index contributed by atoms with van der Waals surface area (Å²) in [5.74, 6) is 0. The summed E-state index contributed by atoms with van der Waals surface area (Å²) in [6, 6.07) is 50.3. The van der Waals surface area contributed by atoms with Gasteiger partial charge in [0.15, 0.2) is 0 Å². The molecule has 0 aliphatic heterocycles. The van der Waals surface area contributed by atoms with Gasteiger partial charge in [0.25, 0.3) is 0 Å². The molecular weight excluding hydrogens is 780 g/mol. The number of para-hydroxylation sites is 2. The van der Waals surface area contributed by atoms with Crippen LogP contribution in [0.15, 0.2) is 146 Å². The molecule has 0 aliphatic carbocycles. The van der Waals surface area contributed by atoms with Gasteiger partial charge in [-0.2, -0.15) is 6.20 Å². The van der Waals surface area contributed by atoms with E-state index in [1.165, 1.54) is 22.1 Å². The van der Waals surface area contributed by atoms with E-state index in [2.05, 4.69) is 146 Å². The van der Waals surface area contributed by atoms with E-state index in [0.29, 0.717) is 0 Å². The third-order valence-corrected chi connectivity index (χ3v) is 9.34. The minimum absolute atomic E-state index is 0. The van der Waals surface area contributed by atoms with Gasteiger partial charge in [0.05, 0.1) is 11.2 Å². The zero-order valence-electron chi connectivity index (χ0n) is 27.0. The van der Waals surface area contributed by atoms with Crippen molar-refractivity contribution in [1.82, 2.24) is 19.5 Å². The summed E-state index contributed by atoms with van der Waals surface area (Å²) in [6.07, 6.45) is 3.83. The molecule has 0 aliphatic rings. The molecule has 0 atom stereocenters. The number of fused-ring (bicyclic) bond motifs is 4. The zero-order chi connectivity index (χ0) is 32.2. The van der Waals surface area contributed by atoms with Crippen molar-refractivity contribution in [1.29, 1.82) is 0 Å². The summed E-state index contributed by atoms with van der Waals surface area (Å²) in [6.45, 7) is 4.35. The normalized spacial score (nSPS) is 11.3. The fourth-order valence-electron chi connectivity index (χ4n) is 7.15. The zero-order valence-corrected chi connectivity index (χ0v) is 29.2. The summed E-state index contributed by atoms with van der Waals surface area (Å²) in [7, 11) is 0. The second-order valence-electron chi connectivity index (χ2n) is 12.3. The number of aryl methyl sites for hydroxylation is 2. The van der Waals surface area contributed by atoms with Crippen LogP contribution in [0.1, 0.15) is 11.1 Å². The Labute approximate surface area is 299 Å². The van der Waals surface area contributed by atoms with Crippen LogP contribution in [0.5, 0.6) is 0 Å². The van der Waals surface area contributed by atoms with Crippen LogP contribution in [0, 0.1) is 19.9 Å². The van der Waals surface area contributed by atoms with Crippen LogP contribution in [0.25, 0.3) is 83.3 Å². The Hall–Kier alpha value is -5.57. The van der Waals surface area contributed by atoms with Crippen molar-refractivity contribution in [3.05, 3.63) is 163 Å². The van der Waals surface area contributed by atoms with Gasteiger partial charge < -0.3 is 9.55 Å². The summed E-state index contributed by atoms with van der Waals surface area (Å²) in [5, 5.41) is 3.41. The number of nitrogens with zero attached hydrogens (tertiary/aromatic N) is 4. The van der Waals surface area contributed by atoms with E-state index in [1.807, 2.05) is 24.5 Å². The van der Waals surface area contributed by atoms with Crippen LogP contribution in [0.3, 0.4) is 0 Å². The molecule has 0 N–H and O–H groups in total. The minimum atomic E-state index is 0. The predicted octanol–water partition coefficient (Wildman–Crippen LogP) is 10.8. The number of hydrogen-bond donors (Lipinski definition) is 0. The average molecular weight is 810 g/mol. The van der Waals surface area contributed by atoms with Crippen LogP contribution in [0.4, 0.5) is 0 Å². The quantitative estimate of drug-likeness (QED) is 0.163. The van der Waals surface area contributed by atoms with Crippen LogP contribution in [-0.4, -0.2) is 14.5 Å². The molecule has 0 bridgehead atoms. The molecule has 4 aromatic heterocycles. The molecule has 9 rings (SSSR count). The molecule has 0 unspecified atom stereocenters. The largest absolute Gasteiger partial charge is 2.00 e. The van der Waals surface area contributed by atoms with Gasteiger partial charge >= 0.3 is 21.1 Å². The van der Waals surface area contributed by atoms with Crippen molar-refractivity contribution in [3.63, 3.8) is 0 Å². The smallest absolute Gasteiger partial charge is 0.663 e. The Balaban J connectivity index is 0.00000348. The van der Waals surface area contributed by atoms with Crippen molar-refractivity contribution in [2.24, 2.45) is 0 Å². The fourth-order valence-corrected chi connectivity index (χ4v) is 7.15. The van der Waals surface area contributed by atoms with Crippen LogP contribution in [-0.2, 0) is 21.1 Å². The number of pyridine rings is 2. The number of hydrogen-bond acceptors (Lipinski definition) is 2. The van der Waals surface area contributed by atoms with E-state index in [9.17, 15) is 0 Å². The Kier molecular flexibility index (Phi) is 7.82. The van der Waals surface area contributed by atoms with Crippen LogP contribution >= 0.6 is 0 Å². The first-order chi connectivity index (χ1) is 23.6. The number of aromatic nitrogens is 4. The van der Waals surface area contributed by atoms with Gasteiger partial charge in [0.1, 0.15) is 5.65 Å². The Bertz CT molecular complexity index is 2580. The minimum Gasteiger partial charge on any atom is -0.663 e. The number of rotatable bonds is 5. The third kappa shape index (κ3) is 5.20. The van der Waals surface area contributed by atoms with Crippen molar-refractivity contribution < 1.29 is 21.1 Å². The van der Waals surface area contributed by atoms with Crippen LogP contribution < -0.4 is 4.98 Å². The monoisotopic (exact) mass is 809 g/mol. The standard InChI is InChI=1S/C44H30N4.Pt/c1-28-12-8-13-29(2)42(28)32-25-39(47-40(26-32)37-20-10-19-35-38(27-46-43(35)37)30-14-4-3-5-15-30)31-16-9-17-33(24-31)48-41-22-7-6-18-34(41)36-21-11-23-45-44(36)48;/h3-23,25-27H,1-2H3;/q-2;+2. The summed E-state index contributed by atoms with van der Waals surface area (Å²) in [4.78, 5) is 15.1. The van der Waals surface area contributed by atoms with E-state index in [1.54, 1.807) is 0 Å². The molecule has 49 heavy (non-hydrogen) atoms. The maximum atomic E-state index is 5.34. The Morgan fingerprint density at radius 1 is 0.612 bits per heavy atom. The first kappa shape index (κ1) is 30.7. The Morgan fingerprint density at radius 2 is 1.33 bits per heavy atom. The van der Waals surface area contributed by atoms with Crippen molar-refractivity contribution >= 4 is 32.8 Å². The second-order valence-corrected chi connectivity index (χ2v) is 12.3. The molecule has 236 valence electrons. The second kappa shape index (κ2) is 12.5. The van der Waals surface area contributed by atoms with Crippen molar-refractivity contribution in [2.45, 2.75) is 13.8 Å². The van der Waals surface area contributed by atoms with E-state index >= 15 is 0 Å². The van der Waals surface area contributed by atoms with E-state index in [4.69, 9.17) is 15.0 Å².